The van der Waals surface area contributed by atoms with Gasteiger partial charge in [-0.25, -0.2) is 13.4 Å². The highest BCUT2D eigenvalue weighted by molar-refractivity contribution is 7.92. The van der Waals surface area contributed by atoms with Gasteiger partial charge in [0.25, 0.3) is 5.91 Å². The Bertz CT molecular complexity index is 1540. The maximum Gasteiger partial charge on any atom is 0.269 e. The van der Waals surface area contributed by atoms with Crippen LogP contribution < -0.4 is 10.1 Å². The molecule has 0 spiro atoms. The lowest BCUT2D eigenvalue weighted by atomic mass is 10.2. The van der Waals surface area contributed by atoms with Gasteiger partial charge in [-0.05, 0) is 39.0 Å². The molecule has 1 amide bonds. The average molecular weight is 517 g/mol. The lowest BCUT2D eigenvalue weighted by molar-refractivity contribution is 0.0941. The minimum Gasteiger partial charge on any atom is -0.495 e. The minimum atomic E-state index is -3.72. The van der Waals surface area contributed by atoms with Crippen LogP contribution in [0.3, 0.4) is 0 Å². The van der Waals surface area contributed by atoms with E-state index in [0.717, 1.165) is 0 Å². The number of carbonyl (C=O) groups is 1. The highest BCUT2D eigenvalue weighted by atomic mass is 35.5. The van der Waals surface area contributed by atoms with Crippen molar-refractivity contribution in [2.75, 3.05) is 7.11 Å². The quantitative estimate of drug-likeness (QED) is 0.417. The molecule has 10 nitrogen and oxygen atoms in total. The van der Waals surface area contributed by atoms with Crippen molar-refractivity contribution in [3.05, 3.63) is 59.3 Å². The fraction of sp³-hybridized carbons (Fsp3) is 0.304. The number of sulfone groups is 1. The molecule has 1 N–H and O–H groups in total. The number of imidazole rings is 1. The summed E-state index contributed by atoms with van der Waals surface area (Å²) in [4.78, 5) is 21.4. The number of aryl methyl sites for hydroxylation is 1. The Hall–Kier alpha value is -3.44. The van der Waals surface area contributed by atoms with Gasteiger partial charge in [0, 0.05) is 25.5 Å². The standard InChI is InChI=1S/C23H25ClN6O4S/c1-23(2,3)35(32,33)20-13-30-18(12-26-21(30)10-19(20)34-5)15-9-17(29(4)28-15)22(31)27-11-16-14(24)7-6-8-25-16/h6-10,12-13H,11H2,1-5H3,(H,27,31). The normalized spacial score (nSPS) is 12.2. The second kappa shape index (κ2) is 8.97. The van der Waals surface area contributed by atoms with Crippen molar-refractivity contribution in [1.82, 2.24) is 29.5 Å². The summed E-state index contributed by atoms with van der Waals surface area (Å²) in [6.07, 6.45) is 4.65. The number of halogens is 1. The van der Waals surface area contributed by atoms with Crippen LogP contribution in [0.25, 0.3) is 17.0 Å². The molecule has 0 radical (unpaired) electrons. The molecule has 35 heavy (non-hydrogen) atoms. The summed E-state index contributed by atoms with van der Waals surface area (Å²) >= 11 is 6.11. The molecule has 0 saturated carbocycles. The van der Waals surface area contributed by atoms with Crippen LogP contribution in [-0.2, 0) is 23.4 Å². The molecule has 0 saturated heterocycles. The number of hydrogen-bond acceptors (Lipinski definition) is 7. The van der Waals surface area contributed by atoms with Crippen molar-refractivity contribution in [1.29, 1.82) is 0 Å². The first-order chi connectivity index (χ1) is 16.4. The maximum atomic E-state index is 13.2. The Kier molecular flexibility index (Phi) is 6.32. The van der Waals surface area contributed by atoms with E-state index in [1.165, 1.54) is 18.0 Å². The van der Waals surface area contributed by atoms with Gasteiger partial charge in [-0.3, -0.25) is 18.9 Å². The number of fused-ring (bicyclic) bond motifs is 1. The number of amides is 1. The molecule has 4 aromatic heterocycles. The zero-order chi connectivity index (χ0) is 25.5. The van der Waals surface area contributed by atoms with E-state index in [1.54, 1.807) is 68.9 Å². The Morgan fingerprint density at radius 1 is 1.23 bits per heavy atom. The van der Waals surface area contributed by atoms with Gasteiger partial charge in [-0.2, -0.15) is 5.10 Å². The van der Waals surface area contributed by atoms with Crippen molar-refractivity contribution >= 4 is 33.0 Å². The van der Waals surface area contributed by atoms with E-state index in [9.17, 15) is 13.2 Å². The van der Waals surface area contributed by atoms with Crippen LogP contribution in [0.4, 0.5) is 0 Å². The zero-order valence-electron chi connectivity index (χ0n) is 19.9. The summed E-state index contributed by atoms with van der Waals surface area (Å²) in [5.41, 5.74) is 2.30. The van der Waals surface area contributed by atoms with Gasteiger partial charge in [0.2, 0.25) is 0 Å². The Balaban J connectivity index is 1.71. The molecule has 184 valence electrons. The molecule has 0 aliphatic carbocycles. The Labute approximate surface area is 207 Å². The van der Waals surface area contributed by atoms with Gasteiger partial charge >= 0.3 is 0 Å². The van der Waals surface area contributed by atoms with Crippen LogP contribution in [0, 0.1) is 0 Å². The van der Waals surface area contributed by atoms with E-state index in [2.05, 4.69) is 20.4 Å². The van der Waals surface area contributed by atoms with Crippen molar-refractivity contribution < 1.29 is 17.9 Å². The highest BCUT2D eigenvalue weighted by Gasteiger charge is 2.34. The number of carbonyl (C=O) groups excluding carboxylic acids is 1. The summed E-state index contributed by atoms with van der Waals surface area (Å²) in [5, 5.41) is 7.70. The van der Waals surface area contributed by atoms with E-state index in [-0.39, 0.29) is 23.1 Å². The number of methoxy groups -OCH3 is 1. The largest absolute Gasteiger partial charge is 0.495 e. The van der Waals surface area contributed by atoms with Gasteiger partial charge < -0.3 is 10.1 Å². The molecule has 4 heterocycles. The summed E-state index contributed by atoms with van der Waals surface area (Å²) in [7, 11) is -0.659. The highest BCUT2D eigenvalue weighted by Crippen LogP contribution is 2.34. The van der Waals surface area contributed by atoms with Crippen LogP contribution >= 0.6 is 11.6 Å². The molecule has 0 aliphatic heterocycles. The van der Waals surface area contributed by atoms with Crippen LogP contribution in [0.5, 0.6) is 5.75 Å². The number of ether oxygens (including phenoxy) is 1. The molecule has 0 bridgehead atoms. The van der Waals surface area contributed by atoms with Gasteiger partial charge in [-0.15, -0.1) is 0 Å². The first-order valence-corrected chi connectivity index (χ1v) is 12.5. The van der Waals surface area contributed by atoms with Gasteiger partial charge in [0.05, 0.1) is 41.0 Å². The van der Waals surface area contributed by atoms with Crippen LogP contribution in [0.15, 0.2) is 47.8 Å². The number of nitrogens with zero attached hydrogens (tertiary/aromatic N) is 5. The SMILES string of the molecule is COc1cc2ncc(-c3cc(C(=O)NCc4ncccc4Cl)n(C)n3)n2cc1S(=O)(=O)C(C)(C)C. The molecular weight excluding hydrogens is 492 g/mol. The maximum absolute atomic E-state index is 13.2. The molecule has 0 fully saturated rings. The summed E-state index contributed by atoms with van der Waals surface area (Å²) in [5.74, 6) is -0.154. The van der Waals surface area contributed by atoms with E-state index in [1.807, 2.05) is 0 Å². The summed E-state index contributed by atoms with van der Waals surface area (Å²) in [6, 6.07) is 6.59. The lowest BCUT2D eigenvalue weighted by Crippen LogP contribution is -2.28. The van der Waals surface area contributed by atoms with Crippen LogP contribution in [-0.4, -0.2) is 50.3 Å². The van der Waals surface area contributed by atoms with E-state index >= 15 is 0 Å². The predicted molar refractivity (Wildman–Crippen MR) is 131 cm³/mol. The summed E-state index contributed by atoms with van der Waals surface area (Å²) < 4.78 is 33.8. The van der Waals surface area contributed by atoms with Crippen molar-refractivity contribution in [2.45, 2.75) is 37.0 Å². The smallest absolute Gasteiger partial charge is 0.269 e. The third-order valence-corrected chi connectivity index (χ3v) is 8.36. The van der Waals surface area contributed by atoms with Gasteiger partial charge in [-0.1, -0.05) is 11.6 Å². The van der Waals surface area contributed by atoms with Crippen LogP contribution in [0.2, 0.25) is 5.02 Å². The molecule has 0 unspecified atom stereocenters. The third kappa shape index (κ3) is 4.48. The second-order valence-corrected chi connectivity index (χ2v) is 11.9. The van der Waals surface area contributed by atoms with Crippen LogP contribution in [0.1, 0.15) is 37.0 Å². The molecule has 4 aromatic rings. The zero-order valence-corrected chi connectivity index (χ0v) is 21.5. The fourth-order valence-corrected chi connectivity index (χ4v) is 4.97. The fourth-order valence-electron chi connectivity index (χ4n) is 3.48. The molecule has 4 rings (SSSR count). The number of aromatic nitrogens is 5. The second-order valence-electron chi connectivity index (χ2n) is 8.85. The first-order valence-electron chi connectivity index (χ1n) is 10.7. The number of rotatable bonds is 6. The predicted octanol–water partition coefficient (Wildman–Crippen LogP) is 3.29. The topological polar surface area (TPSA) is 120 Å². The molecule has 0 atom stereocenters. The monoisotopic (exact) mass is 516 g/mol. The third-order valence-electron chi connectivity index (χ3n) is 5.52. The average Bonchev–Trinajstić information content (AvgIpc) is 3.39. The summed E-state index contributed by atoms with van der Waals surface area (Å²) in [6.45, 7) is 5.04. The Morgan fingerprint density at radius 2 is 1.97 bits per heavy atom. The first kappa shape index (κ1) is 24.7. The molecule has 0 aromatic carbocycles. The van der Waals surface area contributed by atoms with E-state index in [0.29, 0.717) is 33.4 Å². The molecule has 0 aliphatic rings. The van der Waals surface area contributed by atoms with Gasteiger partial charge in [0.15, 0.2) is 9.84 Å². The van der Waals surface area contributed by atoms with Crippen molar-refractivity contribution in [3.63, 3.8) is 0 Å². The van der Waals surface area contributed by atoms with Gasteiger partial charge in [0.1, 0.15) is 27.7 Å². The number of hydrogen-bond donors (Lipinski definition) is 1. The van der Waals surface area contributed by atoms with Crippen molar-refractivity contribution in [3.8, 4) is 17.1 Å². The van der Waals surface area contributed by atoms with E-state index < -0.39 is 14.6 Å². The lowest BCUT2D eigenvalue weighted by Gasteiger charge is -2.21. The Morgan fingerprint density at radius 3 is 2.63 bits per heavy atom. The van der Waals surface area contributed by atoms with E-state index in [4.69, 9.17) is 16.3 Å². The van der Waals surface area contributed by atoms with Crippen molar-refractivity contribution in [2.24, 2.45) is 7.05 Å². The number of pyridine rings is 2. The number of nitrogens with one attached hydrogen (secondary N) is 1. The molecular formula is C23H25ClN6O4S. The molecule has 12 heteroatoms. The minimum absolute atomic E-state index is 0.0420.